The van der Waals surface area contributed by atoms with Crippen molar-refractivity contribution in [1.29, 1.82) is 0 Å². The van der Waals surface area contributed by atoms with Gasteiger partial charge >= 0.3 is 5.97 Å². The summed E-state index contributed by atoms with van der Waals surface area (Å²) >= 11 is 0. The maximum absolute atomic E-state index is 12.2. The number of esters is 1. The molecule has 1 atom stereocenters. The highest BCUT2D eigenvalue weighted by atomic mass is 16.5. The zero-order valence-corrected chi connectivity index (χ0v) is 16.6. The van der Waals surface area contributed by atoms with Crippen LogP contribution in [0.5, 0.6) is 11.5 Å². The Hall–Kier alpha value is -3.55. The van der Waals surface area contributed by atoms with Crippen LogP contribution in [-0.4, -0.2) is 44.1 Å². The molecule has 0 spiro atoms. The fourth-order valence-corrected chi connectivity index (χ4v) is 2.36. The van der Waals surface area contributed by atoms with Gasteiger partial charge in [0, 0.05) is 17.3 Å². The van der Waals surface area contributed by atoms with Crippen LogP contribution >= 0.6 is 0 Å². The average Bonchev–Trinajstić information content (AvgIpc) is 2.72. The first-order chi connectivity index (χ1) is 13.9. The second kappa shape index (κ2) is 10.7. The fraction of sp³-hybridized carbons (Fsp3) is 0.286. The van der Waals surface area contributed by atoms with Crippen LogP contribution in [0, 0.1) is 0 Å². The van der Waals surface area contributed by atoms with Crippen LogP contribution in [0.25, 0.3) is 0 Å². The van der Waals surface area contributed by atoms with Crippen molar-refractivity contribution >= 4 is 23.5 Å². The first-order valence-corrected chi connectivity index (χ1v) is 9.07. The van der Waals surface area contributed by atoms with Crippen LogP contribution in [0.1, 0.15) is 24.2 Å². The minimum atomic E-state index is -0.751. The number of hydrogen-bond acceptors (Lipinski definition) is 6. The van der Waals surface area contributed by atoms with Gasteiger partial charge in [-0.1, -0.05) is 6.07 Å². The number of carbonyl (C=O) groups is 3. The first kappa shape index (κ1) is 21.7. The monoisotopic (exact) mass is 400 g/mol. The molecule has 0 aliphatic heterocycles. The van der Waals surface area contributed by atoms with E-state index in [-0.39, 0.29) is 19.1 Å². The summed E-state index contributed by atoms with van der Waals surface area (Å²) in [6, 6.07) is 12.5. The van der Waals surface area contributed by atoms with E-state index in [9.17, 15) is 14.4 Å². The minimum Gasteiger partial charge on any atom is -0.497 e. The highest BCUT2D eigenvalue weighted by Gasteiger charge is 2.17. The van der Waals surface area contributed by atoms with Crippen molar-refractivity contribution in [3.63, 3.8) is 0 Å². The number of nitrogens with one attached hydrogen (secondary N) is 2. The summed E-state index contributed by atoms with van der Waals surface area (Å²) in [5, 5.41) is 5.27. The van der Waals surface area contributed by atoms with E-state index < -0.39 is 17.9 Å². The molecular weight excluding hydrogens is 376 g/mol. The van der Waals surface area contributed by atoms with Gasteiger partial charge in [0.05, 0.1) is 13.7 Å². The van der Waals surface area contributed by atoms with Gasteiger partial charge in [0.2, 0.25) is 0 Å². The lowest BCUT2D eigenvalue weighted by molar-refractivity contribution is -0.144. The summed E-state index contributed by atoms with van der Waals surface area (Å²) in [6.45, 7) is 3.30. The van der Waals surface area contributed by atoms with E-state index in [0.29, 0.717) is 22.7 Å². The predicted octanol–water partition coefficient (Wildman–Crippen LogP) is 2.39. The van der Waals surface area contributed by atoms with Crippen molar-refractivity contribution in [2.75, 3.05) is 25.6 Å². The molecule has 29 heavy (non-hydrogen) atoms. The zero-order valence-electron chi connectivity index (χ0n) is 16.6. The number of hydrogen-bond donors (Lipinski definition) is 2. The van der Waals surface area contributed by atoms with Crippen LogP contribution in [0.3, 0.4) is 0 Å². The minimum absolute atomic E-state index is 0.192. The molecule has 0 fully saturated rings. The van der Waals surface area contributed by atoms with Gasteiger partial charge in [0.1, 0.15) is 17.5 Å². The van der Waals surface area contributed by atoms with Crippen molar-refractivity contribution < 1.29 is 28.6 Å². The van der Waals surface area contributed by atoms with E-state index in [1.807, 2.05) is 0 Å². The maximum Gasteiger partial charge on any atom is 0.328 e. The van der Waals surface area contributed by atoms with Crippen LogP contribution in [-0.2, 0) is 14.3 Å². The summed E-state index contributed by atoms with van der Waals surface area (Å²) in [6.07, 6.45) is 0. The number of amides is 2. The number of anilines is 1. The van der Waals surface area contributed by atoms with Crippen molar-refractivity contribution in [3.8, 4) is 11.5 Å². The summed E-state index contributed by atoms with van der Waals surface area (Å²) in [5.74, 6) is -0.172. The van der Waals surface area contributed by atoms with Crippen LogP contribution in [0.15, 0.2) is 48.5 Å². The van der Waals surface area contributed by atoms with Gasteiger partial charge in [0.15, 0.2) is 6.61 Å². The number of benzene rings is 2. The normalized spacial score (nSPS) is 11.1. The summed E-state index contributed by atoms with van der Waals surface area (Å²) in [4.78, 5) is 35.8. The van der Waals surface area contributed by atoms with E-state index in [1.165, 1.54) is 0 Å². The quantitative estimate of drug-likeness (QED) is 0.627. The molecule has 2 aromatic rings. The second-order valence-electron chi connectivity index (χ2n) is 6.04. The molecule has 8 nitrogen and oxygen atoms in total. The Kier molecular flexibility index (Phi) is 8.02. The van der Waals surface area contributed by atoms with E-state index in [0.717, 1.165) is 0 Å². The Bertz CT molecular complexity index is 851. The lowest BCUT2D eigenvalue weighted by Crippen LogP contribution is -2.39. The molecule has 0 radical (unpaired) electrons. The molecule has 154 valence electrons. The number of rotatable bonds is 9. The van der Waals surface area contributed by atoms with Gasteiger partial charge in [0.25, 0.3) is 11.8 Å². The third kappa shape index (κ3) is 6.84. The predicted molar refractivity (Wildman–Crippen MR) is 107 cm³/mol. The average molecular weight is 400 g/mol. The van der Waals surface area contributed by atoms with Gasteiger partial charge in [-0.2, -0.15) is 0 Å². The van der Waals surface area contributed by atoms with Crippen molar-refractivity contribution in [1.82, 2.24) is 5.32 Å². The van der Waals surface area contributed by atoms with Gasteiger partial charge in [-0.05, 0) is 50.2 Å². The van der Waals surface area contributed by atoms with Gasteiger partial charge in [-0.15, -0.1) is 0 Å². The molecule has 2 N–H and O–H groups in total. The third-order valence-electron chi connectivity index (χ3n) is 3.83. The largest absolute Gasteiger partial charge is 0.497 e. The van der Waals surface area contributed by atoms with E-state index in [2.05, 4.69) is 10.6 Å². The van der Waals surface area contributed by atoms with E-state index in [1.54, 1.807) is 69.5 Å². The van der Waals surface area contributed by atoms with E-state index in [4.69, 9.17) is 14.2 Å². The van der Waals surface area contributed by atoms with Crippen molar-refractivity contribution in [2.45, 2.75) is 19.9 Å². The second-order valence-corrected chi connectivity index (χ2v) is 6.04. The van der Waals surface area contributed by atoms with Crippen LogP contribution < -0.4 is 20.1 Å². The number of ether oxygens (including phenoxy) is 3. The molecule has 0 aliphatic carbocycles. The van der Waals surface area contributed by atoms with Gasteiger partial charge < -0.3 is 24.8 Å². The Morgan fingerprint density at radius 3 is 2.41 bits per heavy atom. The van der Waals surface area contributed by atoms with Gasteiger partial charge in [-0.25, -0.2) is 4.79 Å². The molecule has 2 rings (SSSR count). The first-order valence-electron chi connectivity index (χ1n) is 9.07. The lowest BCUT2D eigenvalue weighted by atomic mass is 10.2. The van der Waals surface area contributed by atoms with E-state index >= 15 is 0 Å². The Labute approximate surface area is 169 Å². The highest BCUT2D eigenvalue weighted by molar-refractivity contribution is 5.96. The molecule has 0 aliphatic rings. The fourth-order valence-electron chi connectivity index (χ4n) is 2.36. The Balaban J connectivity index is 1.84. The standard InChI is InChI=1S/C21H24N2O6/c1-4-28-21(26)14(2)22-20(25)15-8-10-17(11-9-15)29-13-19(24)23-16-6-5-7-18(12-16)27-3/h5-12,14H,4,13H2,1-3H3,(H,22,25)(H,23,24). The molecule has 0 bridgehead atoms. The Morgan fingerprint density at radius 2 is 1.76 bits per heavy atom. The number of methoxy groups -OCH3 is 1. The zero-order chi connectivity index (χ0) is 21.2. The Morgan fingerprint density at radius 1 is 1.03 bits per heavy atom. The third-order valence-corrected chi connectivity index (χ3v) is 3.83. The smallest absolute Gasteiger partial charge is 0.328 e. The molecule has 0 aromatic heterocycles. The molecule has 0 saturated carbocycles. The van der Waals surface area contributed by atoms with Crippen molar-refractivity contribution in [3.05, 3.63) is 54.1 Å². The topological polar surface area (TPSA) is 103 Å². The molecule has 2 amide bonds. The molecular formula is C21H24N2O6. The SMILES string of the molecule is CCOC(=O)C(C)NC(=O)c1ccc(OCC(=O)Nc2cccc(OC)c2)cc1. The molecule has 0 heterocycles. The number of carbonyl (C=O) groups excluding carboxylic acids is 3. The molecule has 0 saturated heterocycles. The van der Waals surface area contributed by atoms with Crippen LogP contribution in [0.2, 0.25) is 0 Å². The molecule has 2 aromatic carbocycles. The maximum atomic E-state index is 12.2. The van der Waals surface area contributed by atoms with Crippen LogP contribution in [0.4, 0.5) is 5.69 Å². The molecule has 1 unspecified atom stereocenters. The van der Waals surface area contributed by atoms with Gasteiger partial charge in [-0.3, -0.25) is 9.59 Å². The summed E-state index contributed by atoms with van der Waals surface area (Å²) in [5.41, 5.74) is 0.954. The summed E-state index contributed by atoms with van der Waals surface area (Å²) in [7, 11) is 1.55. The van der Waals surface area contributed by atoms with Crippen molar-refractivity contribution in [2.24, 2.45) is 0 Å². The highest BCUT2D eigenvalue weighted by Crippen LogP contribution is 2.17. The molecule has 8 heteroatoms. The summed E-state index contributed by atoms with van der Waals surface area (Å²) < 4.78 is 15.4. The lowest BCUT2D eigenvalue weighted by Gasteiger charge is -2.13.